The van der Waals surface area contributed by atoms with Gasteiger partial charge in [-0.1, -0.05) is 11.6 Å². The fourth-order valence-electron chi connectivity index (χ4n) is 1.38. The van der Waals surface area contributed by atoms with E-state index in [1.165, 1.54) is 0 Å². The van der Waals surface area contributed by atoms with Gasteiger partial charge in [0.2, 0.25) is 0 Å². The minimum Gasteiger partial charge on any atom is -0.495 e. The summed E-state index contributed by atoms with van der Waals surface area (Å²) in [5.41, 5.74) is 6.04. The molecule has 88 valence electrons. The van der Waals surface area contributed by atoms with Crippen molar-refractivity contribution in [2.75, 3.05) is 32.1 Å². The summed E-state index contributed by atoms with van der Waals surface area (Å²) in [5.74, 6) is 0.640. The first-order chi connectivity index (χ1) is 7.58. The summed E-state index contributed by atoms with van der Waals surface area (Å²) in [7, 11) is 3.37. The van der Waals surface area contributed by atoms with Gasteiger partial charge in [-0.05, 0) is 18.2 Å². The van der Waals surface area contributed by atoms with E-state index in [4.69, 9.17) is 22.1 Å². The number of benzene rings is 1. The highest BCUT2D eigenvalue weighted by Crippen LogP contribution is 2.30. The first-order valence-corrected chi connectivity index (χ1v) is 5.22. The van der Waals surface area contributed by atoms with Gasteiger partial charge < -0.3 is 15.4 Å². The molecule has 5 heteroatoms. The Morgan fingerprint density at radius 3 is 2.81 bits per heavy atom. The van der Waals surface area contributed by atoms with Crippen molar-refractivity contribution in [3.8, 4) is 5.75 Å². The third-order valence-electron chi connectivity index (χ3n) is 2.19. The largest absolute Gasteiger partial charge is 0.495 e. The molecule has 16 heavy (non-hydrogen) atoms. The Labute approximate surface area is 99.9 Å². The summed E-state index contributed by atoms with van der Waals surface area (Å²) in [4.78, 5) is 13.0. The third kappa shape index (κ3) is 3.12. The Balaban J connectivity index is 2.92. The van der Waals surface area contributed by atoms with Crippen LogP contribution in [0.4, 0.5) is 5.69 Å². The van der Waals surface area contributed by atoms with Gasteiger partial charge in [-0.3, -0.25) is 4.79 Å². The molecule has 0 saturated carbocycles. The van der Waals surface area contributed by atoms with Crippen molar-refractivity contribution < 1.29 is 9.53 Å². The zero-order valence-corrected chi connectivity index (χ0v) is 10.1. The molecule has 0 amide bonds. The molecule has 1 rings (SSSR count). The average molecular weight is 243 g/mol. The molecule has 0 saturated heterocycles. The lowest BCUT2D eigenvalue weighted by Crippen LogP contribution is -2.30. The predicted octanol–water partition coefficient (Wildman–Crippen LogP) is 1.31. The second-order valence-electron chi connectivity index (χ2n) is 3.42. The van der Waals surface area contributed by atoms with Crippen molar-refractivity contribution in [1.82, 2.24) is 0 Å². The maximum atomic E-state index is 11.2. The third-order valence-corrected chi connectivity index (χ3v) is 2.43. The van der Waals surface area contributed by atoms with Crippen LogP contribution in [0, 0.1) is 0 Å². The fraction of sp³-hybridized carbons (Fsp3) is 0.364. The Kier molecular flexibility index (Phi) is 4.58. The highest BCUT2D eigenvalue weighted by atomic mass is 35.5. The van der Waals surface area contributed by atoms with E-state index in [9.17, 15) is 4.79 Å². The lowest BCUT2D eigenvalue weighted by Gasteiger charge is -2.20. The molecule has 4 nitrogen and oxygen atoms in total. The van der Waals surface area contributed by atoms with Crippen LogP contribution in [0.25, 0.3) is 0 Å². The average Bonchev–Trinajstić information content (AvgIpc) is 2.28. The molecule has 0 bridgehead atoms. The van der Waals surface area contributed by atoms with Crippen molar-refractivity contribution in [3.63, 3.8) is 0 Å². The van der Waals surface area contributed by atoms with Gasteiger partial charge in [0.1, 0.15) is 5.75 Å². The number of Topliss-reactive ketones (excluding diaryl/α,β-unsaturated/α-hetero) is 1. The number of nitrogens with zero attached hydrogens (tertiary/aromatic N) is 1. The van der Waals surface area contributed by atoms with E-state index in [0.29, 0.717) is 10.8 Å². The number of carbonyl (C=O) groups excluding carboxylic acids is 1. The molecule has 0 radical (unpaired) electrons. The van der Waals surface area contributed by atoms with E-state index in [0.717, 1.165) is 5.69 Å². The van der Waals surface area contributed by atoms with Crippen molar-refractivity contribution in [1.29, 1.82) is 0 Å². The quantitative estimate of drug-likeness (QED) is 0.846. The van der Waals surface area contributed by atoms with Crippen LogP contribution < -0.4 is 15.4 Å². The standard InChI is InChI=1S/C11H15ClN2O2/c1-14(7-9(15)6-13)10-5-8(12)3-4-11(10)16-2/h3-5H,6-7,13H2,1-2H3. The molecular formula is C11H15ClN2O2. The molecule has 0 atom stereocenters. The number of halogens is 1. The second-order valence-corrected chi connectivity index (χ2v) is 3.85. The van der Waals surface area contributed by atoms with Gasteiger partial charge in [-0.15, -0.1) is 0 Å². The number of carbonyl (C=O) groups is 1. The van der Waals surface area contributed by atoms with Crippen LogP contribution in [0.15, 0.2) is 18.2 Å². The summed E-state index contributed by atoms with van der Waals surface area (Å²) in [5, 5.41) is 0.600. The van der Waals surface area contributed by atoms with Crippen LogP contribution in [-0.2, 0) is 4.79 Å². The van der Waals surface area contributed by atoms with Crippen LogP contribution in [0.5, 0.6) is 5.75 Å². The van der Waals surface area contributed by atoms with E-state index in [1.807, 2.05) is 0 Å². The Morgan fingerprint density at radius 2 is 2.25 bits per heavy atom. The van der Waals surface area contributed by atoms with Crippen LogP contribution in [0.3, 0.4) is 0 Å². The van der Waals surface area contributed by atoms with Gasteiger partial charge in [0, 0.05) is 12.1 Å². The first kappa shape index (κ1) is 12.8. The Bertz CT molecular complexity index is 382. The lowest BCUT2D eigenvalue weighted by molar-refractivity contribution is -0.116. The van der Waals surface area contributed by atoms with Gasteiger partial charge in [0.15, 0.2) is 5.78 Å². The number of nitrogens with two attached hydrogens (primary N) is 1. The highest BCUT2D eigenvalue weighted by Gasteiger charge is 2.11. The Hall–Kier alpha value is -1.26. The smallest absolute Gasteiger partial charge is 0.165 e. The number of methoxy groups -OCH3 is 1. The van der Waals surface area contributed by atoms with E-state index < -0.39 is 0 Å². The maximum absolute atomic E-state index is 11.2. The number of likely N-dealkylation sites (N-methyl/N-ethyl adjacent to an activating group) is 1. The molecular weight excluding hydrogens is 228 g/mol. The molecule has 0 spiro atoms. The molecule has 0 unspecified atom stereocenters. The maximum Gasteiger partial charge on any atom is 0.165 e. The van der Waals surface area contributed by atoms with Crippen molar-refractivity contribution in [2.45, 2.75) is 0 Å². The van der Waals surface area contributed by atoms with Gasteiger partial charge in [0.25, 0.3) is 0 Å². The number of hydrogen-bond donors (Lipinski definition) is 1. The molecule has 0 aliphatic rings. The van der Waals surface area contributed by atoms with Crippen LogP contribution in [-0.4, -0.2) is 33.0 Å². The summed E-state index contributed by atoms with van der Waals surface area (Å²) in [6.45, 7) is 0.278. The summed E-state index contributed by atoms with van der Waals surface area (Å²) < 4.78 is 5.19. The first-order valence-electron chi connectivity index (χ1n) is 4.85. The Morgan fingerprint density at radius 1 is 1.56 bits per heavy atom. The molecule has 0 aromatic heterocycles. The van der Waals surface area contributed by atoms with Crippen molar-refractivity contribution in [2.24, 2.45) is 5.73 Å². The molecule has 1 aromatic rings. The second kappa shape index (κ2) is 5.72. The molecule has 0 aliphatic carbocycles. The predicted molar refractivity (Wildman–Crippen MR) is 65.3 cm³/mol. The fourth-order valence-corrected chi connectivity index (χ4v) is 1.54. The number of rotatable bonds is 5. The van der Waals surface area contributed by atoms with E-state index in [2.05, 4.69) is 0 Å². The van der Waals surface area contributed by atoms with Crippen molar-refractivity contribution >= 4 is 23.1 Å². The normalized spacial score (nSPS) is 10.0. The van der Waals surface area contributed by atoms with Crippen molar-refractivity contribution in [3.05, 3.63) is 23.2 Å². The number of anilines is 1. The summed E-state index contributed by atoms with van der Waals surface area (Å²) >= 11 is 5.90. The van der Waals surface area contributed by atoms with Crippen LogP contribution >= 0.6 is 11.6 Å². The molecule has 0 heterocycles. The summed E-state index contributed by atoms with van der Waals surface area (Å²) in [6.07, 6.45) is 0. The monoisotopic (exact) mass is 242 g/mol. The van der Waals surface area contributed by atoms with E-state index in [1.54, 1.807) is 37.3 Å². The molecule has 0 aliphatic heterocycles. The molecule has 0 fully saturated rings. The topological polar surface area (TPSA) is 55.6 Å². The lowest BCUT2D eigenvalue weighted by atomic mass is 10.2. The SMILES string of the molecule is COc1ccc(Cl)cc1N(C)CC(=O)CN. The molecule has 1 aromatic carbocycles. The molecule has 2 N–H and O–H groups in total. The van der Waals surface area contributed by atoms with Gasteiger partial charge in [-0.25, -0.2) is 0 Å². The van der Waals surface area contributed by atoms with Gasteiger partial charge in [0.05, 0.1) is 25.9 Å². The van der Waals surface area contributed by atoms with Crippen LogP contribution in [0.2, 0.25) is 5.02 Å². The van der Waals surface area contributed by atoms with Gasteiger partial charge in [-0.2, -0.15) is 0 Å². The summed E-state index contributed by atoms with van der Waals surface area (Å²) in [6, 6.07) is 5.26. The number of ether oxygens (including phenoxy) is 1. The number of ketones is 1. The zero-order valence-electron chi connectivity index (χ0n) is 9.37. The minimum atomic E-state index is -0.0375. The van der Waals surface area contributed by atoms with Crippen LogP contribution in [0.1, 0.15) is 0 Å². The number of hydrogen-bond acceptors (Lipinski definition) is 4. The van der Waals surface area contributed by atoms with E-state index >= 15 is 0 Å². The minimum absolute atomic E-state index is 0.0349. The zero-order chi connectivity index (χ0) is 12.1. The highest BCUT2D eigenvalue weighted by molar-refractivity contribution is 6.31. The van der Waals surface area contributed by atoms with Gasteiger partial charge >= 0.3 is 0 Å². The van der Waals surface area contributed by atoms with E-state index in [-0.39, 0.29) is 18.9 Å².